The predicted octanol–water partition coefficient (Wildman–Crippen LogP) is 4.32. The number of carbonyl (C=O) groups excluding carboxylic acids is 1. The van der Waals surface area contributed by atoms with Gasteiger partial charge in [0.25, 0.3) is 0 Å². The standard InChI is InChI=1S/C14H8F4O/c15-12-7-3-4-9(8-19)13(12)10-5-1-2-6-11(10)14(16,17)18/h1-8H. The molecule has 0 saturated heterocycles. The Kier molecular flexibility index (Phi) is 3.38. The van der Waals surface area contributed by atoms with Crippen molar-refractivity contribution in [1.29, 1.82) is 0 Å². The summed E-state index contributed by atoms with van der Waals surface area (Å²) >= 11 is 0. The SMILES string of the molecule is O=Cc1cccc(F)c1-c1ccccc1C(F)(F)F. The Bertz CT molecular complexity index is 617. The van der Waals surface area contributed by atoms with Gasteiger partial charge in [0.1, 0.15) is 5.82 Å². The smallest absolute Gasteiger partial charge is 0.298 e. The molecule has 19 heavy (non-hydrogen) atoms. The minimum absolute atomic E-state index is 0.114. The molecule has 0 heterocycles. The fourth-order valence-corrected chi connectivity index (χ4v) is 1.87. The average Bonchev–Trinajstić information content (AvgIpc) is 2.37. The van der Waals surface area contributed by atoms with E-state index in [1.54, 1.807) is 0 Å². The molecule has 0 fully saturated rings. The lowest BCUT2D eigenvalue weighted by molar-refractivity contribution is -0.137. The van der Waals surface area contributed by atoms with Crippen LogP contribution in [0, 0.1) is 5.82 Å². The minimum atomic E-state index is -4.61. The molecule has 5 heteroatoms. The first kappa shape index (κ1) is 13.3. The first-order valence-electron chi connectivity index (χ1n) is 5.35. The van der Waals surface area contributed by atoms with Crippen LogP contribution < -0.4 is 0 Å². The number of alkyl halides is 3. The van der Waals surface area contributed by atoms with E-state index in [0.29, 0.717) is 6.29 Å². The molecule has 0 bridgehead atoms. The summed E-state index contributed by atoms with van der Waals surface area (Å²) in [4.78, 5) is 10.9. The zero-order valence-electron chi connectivity index (χ0n) is 9.54. The number of rotatable bonds is 2. The van der Waals surface area contributed by atoms with E-state index in [9.17, 15) is 22.4 Å². The topological polar surface area (TPSA) is 17.1 Å². The Morgan fingerprint density at radius 3 is 2.26 bits per heavy atom. The zero-order chi connectivity index (χ0) is 14.0. The zero-order valence-corrected chi connectivity index (χ0v) is 9.54. The van der Waals surface area contributed by atoms with Crippen LogP contribution in [0.3, 0.4) is 0 Å². The van der Waals surface area contributed by atoms with Gasteiger partial charge in [-0.3, -0.25) is 4.79 Å². The van der Waals surface area contributed by atoms with Crippen molar-refractivity contribution in [2.24, 2.45) is 0 Å². The van der Waals surface area contributed by atoms with Gasteiger partial charge in [0.05, 0.1) is 5.56 Å². The van der Waals surface area contributed by atoms with E-state index >= 15 is 0 Å². The summed E-state index contributed by atoms with van der Waals surface area (Å²) < 4.78 is 52.4. The fraction of sp³-hybridized carbons (Fsp3) is 0.0714. The molecule has 0 amide bonds. The Hall–Kier alpha value is -2.17. The van der Waals surface area contributed by atoms with Crippen LogP contribution in [0.15, 0.2) is 42.5 Å². The quantitative estimate of drug-likeness (QED) is 0.585. The summed E-state index contributed by atoms with van der Waals surface area (Å²) in [6, 6.07) is 8.16. The highest BCUT2D eigenvalue weighted by Gasteiger charge is 2.34. The highest BCUT2D eigenvalue weighted by atomic mass is 19.4. The van der Waals surface area contributed by atoms with Crippen LogP contribution in [0.25, 0.3) is 11.1 Å². The molecular formula is C14H8F4O. The van der Waals surface area contributed by atoms with E-state index in [-0.39, 0.29) is 16.7 Å². The van der Waals surface area contributed by atoms with Gasteiger partial charge in [0, 0.05) is 11.1 Å². The van der Waals surface area contributed by atoms with E-state index in [0.717, 1.165) is 18.2 Å². The summed E-state index contributed by atoms with van der Waals surface area (Å²) in [5.41, 5.74) is -1.75. The Morgan fingerprint density at radius 1 is 0.947 bits per heavy atom. The van der Waals surface area contributed by atoms with Crippen molar-refractivity contribution >= 4 is 6.29 Å². The van der Waals surface area contributed by atoms with Crippen LogP contribution in [-0.2, 0) is 6.18 Å². The van der Waals surface area contributed by atoms with Crippen LogP contribution >= 0.6 is 0 Å². The third kappa shape index (κ3) is 2.50. The Labute approximate surface area is 106 Å². The monoisotopic (exact) mass is 268 g/mol. The molecule has 0 saturated carbocycles. The van der Waals surface area contributed by atoms with Gasteiger partial charge in [-0.15, -0.1) is 0 Å². The van der Waals surface area contributed by atoms with Gasteiger partial charge in [0.15, 0.2) is 6.29 Å². The molecular weight excluding hydrogens is 260 g/mol. The van der Waals surface area contributed by atoms with E-state index < -0.39 is 17.6 Å². The van der Waals surface area contributed by atoms with Gasteiger partial charge in [-0.1, -0.05) is 30.3 Å². The number of carbonyl (C=O) groups is 1. The fourth-order valence-electron chi connectivity index (χ4n) is 1.87. The van der Waals surface area contributed by atoms with Crippen molar-refractivity contribution in [2.45, 2.75) is 6.18 Å². The summed E-state index contributed by atoms with van der Waals surface area (Å²) in [6.07, 6.45) is -4.27. The first-order chi connectivity index (χ1) is 8.95. The maximum absolute atomic E-state index is 13.8. The second kappa shape index (κ2) is 4.84. The maximum atomic E-state index is 13.8. The molecule has 2 aromatic carbocycles. The van der Waals surface area contributed by atoms with Crippen molar-refractivity contribution in [2.75, 3.05) is 0 Å². The predicted molar refractivity (Wildman–Crippen MR) is 62.2 cm³/mol. The van der Waals surface area contributed by atoms with Gasteiger partial charge in [-0.2, -0.15) is 13.2 Å². The molecule has 0 aliphatic rings. The highest BCUT2D eigenvalue weighted by Crippen LogP contribution is 2.38. The molecule has 0 aliphatic carbocycles. The molecule has 0 spiro atoms. The molecule has 0 atom stereocenters. The van der Waals surface area contributed by atoms with Gasteiger partial charge in [-0.25, -0.2) is 4.39 Å². The summed E-state index contributed by atoms with van der Waals surface area (Å²) in [6.45, 7) is 0. The third-order valence-corrected chi connectivity index (χ3v) is 2.67. The Balaban J connectivity index is 2.77. The second-order valence-corrected chi connectivity index (χ2v) is 3.87. The van der Waals surface area contributed by atoms with Crippen LogP contribution in [0.1, 0.15) is 15.9 Å². The van der Waals surface area contributed by atoms with Gasteiger partial charge in [-0.05, 0) is 17.7 Å². The van der Waals surface area contributed by atoms with Gasteiger partial charge < -0.3 is 0 Å². The molecule has 2 aromatic rings. The summed E-state index contributed by atoms with van der Waals surface area (Å²) in [7, 11) is 0. The number of benzene rings is 2. The van der Waals surface area contributed by atoms with E-state index in [4.69, 9.17) is 0 Å². The number of aldehydes is 1. The van der Waals surface area contributed by atoms with Crippen molar-refractivity contribution in [3.05, 3.63) is 59.4 Å². The summed E-state index contributed by atoms with van der Waals surface area (Å²) in [5.74, 6) is -0.860. The third-order valence-electron chi connectivity index (χ3n) is 2.67. The van der Waals surface area contributed by atoms with E-state index in [2.05, 4.69) is 0 Å². The maximum Gasteiger partial charge on any atom is 0.417 e. The van der Waals surface area contributed by atoms with Crippen LogP contribution in [-0.4, -0.2) is 6.29 Å². The minimum Gasteiger partial charge on any atom is -0.298 e. The van der Waals surface area contributed by atoms with Crippen molar-refractivity contribution in [1.82, 2.24) is 0 Å². The molecule has 0 radical (unpaired) electrons. The molecule has 0 aromatic heterocycles. The molecule has 98 valence electrons. The number of hydrogen-bond acceptors (Lipinski definition) is 1. The highest BCUT2D eigenvalue weighted by molar-refractivity contribution is 5.88. The Morgan fingerprint density at radius 2 is 1.63 bits per heavy atom. The van der Waals surface area contributed by atoms with E-state index in [1.165, 1.54) is 24.3 Å². The lowest BCUT2D eigenvalue weighted by Crippen LogP contribution is -2.08. The average molecular weight is 268 g/mol. The molecule has 0 N–H and O–H groups in total. The van der Waals surface area contributed by atoms with Crippen molar-refractivity contribution in [3.8, 4) is 11.1 Å². The van der Waals surface area contributed by atoms with Gasteiger partial charge in [0.2, 0.25) is 0 Å². The second-order valence-electron chi connectivity index (χ2n) is 3.87. The van der Waals surface area contributed by atoms with Crippen LogP contribution in [0.4, 0.5) is 17.6 Å². The number of hydrogen-bond donors (Lipinski definition) is 0. The lowest BCUT2D eigenvalue weighted by Gasteiger charge is -2.14. The normalized spacial score (nSPS) is 11.4. The summed E-state index contributed by atoms with van der Waals surface area (Å²) in [5, 5.41) is 0. The van der Waals surface area contributed by atoms with Crippen LogP contribution in [0.5, 0.6) is 0 Å². The largest absolute Gasteiger partial charge is 0.417 e. The molecule has 1 nitrogen and oxygen atoms in total. The van der Waals surface area contributed by atoms with E-state index in [1.807, 2.05) is 0 Å². The van der Waals surface area contributed by atoms with Crippen LogP contribution in [0.2, 0.25) is 0 Å². The molecule has 0 unspecified atom stereocenters. The number of halogens is 4. The molecule has 0 aliphatic heterocycles. The van der Waals surface area contributed by atoms with Gasteiger partial charge >= 0.3 is 6.18 Å². The molecule has 2 rings (SSSR count). The van der Waals surface area contributed by atoms with Crippen molar-refractivity contribution < 1.29 is 22.4 Å². The van der Waals surface area contributed by atoms with Crippen molar-refractivity contribution in [3.63, 3.8) is 0 Å². The first-order valence-corrected chi connectivity index (χ1v) is 5.35. The lowest BCUT2D eigenvalue weighted by atomic mass is 9.95.